The van der Waals surface area contributed by atoms with E-state index < -0.39 is 11.4 Å². The number of amides is 1. The maximum absolute atomic E-state index is 12.1. The molecule has 0 bridgehead atoms. The molecule has 0 aliphatic carbocycles. The van der Waals surface area contributed by atoms with Gasteiger partial charge in [-0.05, 0) is 25.8 Å². The van der Waals surface area contributed by atoms with Gasteiger partial charge in [-0.2, -0.15) is 0 Å². The van der Waals surface area contributed by atoms with Gasteiger partial charge in [-0.25, -0.2) is 0 Å². The molecule has 1 aromatic carbocycles. The van der Waals surface area contributed by atoms with E-state index >= 15 is 0 Å². The molecule has 0 spiro atoms. The topological polar surface area (TPSA) is 57.6 Å². The SMILES string of the molecule is Cc1cccc(CSCC(=O)N2CCC(C)(C(=O)O)C2)c1. The molecule has 1 aromatic rings. The maximum atomic E-state index is 12.1. The average Bonchev–Trinajstić information content (AvgIpc) is 2.83. The highest BCUT2D eigenvalue weighted by molar-refractivity contribution is 7.99. The minimum atomic E-state index is -0.815. The first-order valence-corrected chi connectivity index (χ1v) is 8.21. The summed E-state index contributed by atoms with van der Waals surface area (Å²) in [6.45, 7) is 4.64. The average molecular weight is 307 g/mol. The zero-order chi connectivity index (χ0) is 15.5. The van der Waals surface area contributed by atoms with Gasteiger partial charge in [0.05, 0.1) is 11.2 Å². The van der Waals surface area contributed by atoms with Crippen LogP contribution in [0.2, 0.25) is 0 Å². The summed E-state index contributed by atoms with van der Waals surface area (Å²) in [5.74, 6) is 0.434. The number of carboxylic acids is 1. The van der Waals surface area contributed by atoms with Crippen LogP contribution in [0.25, 0.3) is 0 Å². The van der Waals surface area contributed by atoms with Crippen molar-refractivity contribution in [2.45, 2.75) is 26.0 Å². The normalized spacial score (nSPS) is 21.5. The van der Waals surface area contributed by atoms with Gasteiger partial charge in [0.15, 0.2) is 0 Å². The molecule has 1 saturated heterocycles. The Morgan fingerprint density at radius 2 is 2.19 bits per heavy atom. The number of thioether (sulfide) groups is 1. The predicted octanol–water partition coefficient (Wildman–Crippen LogP) is 2.55. The van der Waals surface area contributed by atoms with Crippen molar-refractivity contribution in [3.8, 4) is 0 Å². The minimum absolute atomic E-state index is 0.0395. The highest BCUT2D eigenvalue weighted by atomic mass is 32.2. The molecular formula is C16H21NO3S. The Morgan fingerprint density at radius 1 is 1.43 bits per heavy atom. The number of carbonyl (C=O) groups is 2. The molecule has 0 radical (unpaired) electrons. The second-order valence-electron chi connectivity index (χ2n) is 5.91. The van der Waals surface area contributed by atoms with Gasteiger partial charge in [-0.15, -0.1) is 11.8 Å². The molecule has 1 N–H and O–H groups in total. The van der Waals surface area contributed by atoms with E-state index in [-0.39, 0.29) is 5.91 Å². The second-order valence-corrected chi connectivity index (χ2v) is 6.90. The Balaban J connectivity index is 1.79. The number of aliphatic carboxylic acids is 1. The summed E-state index contributed by atoms with van der Waals surface area (Å²) in [7, 11) is 0. The number of hydrogen-bond donors (Lipinski definition) is 1. The first-order valence-electron chi connectivity index (χ1n) is 7.05. The Bertz CT molecular complexity index is 546. The van der Waals surface area contributed by atoms with Crippen LogP contribution < -0.4 is 0 Å². The van der Waals surface area contributed by atoms with Crippen LogP contribution in [-0.4, -0.2) is 40.7 Å². The molecule has 0 saturated carbocycles. The van der Waals surface area contributed by atoms with Gasteiger partial charge in [-0.3, -0.25) is 9.59 Å². The molecular weight excluding hydrogens is 286 g/mol. The largest absolute Gasteiger partial charge is 0.481 e. The van der Waals surface area contributed by atoms with E-state index in [1.807, 2.05) is 6.07 Å². The Labute approximate surface area is 129 Å². The summed E-state index contributed by atoms with van der Waals surface area (Å²) in [6.07, 6.45) is 0.538. The number of hydrogen-bond acceptors (Lipinski definition) is 3. The minimum Gasteiger partial charge on any atom is -0.481 e. The van der Waals surface area contributed by atoms with Crippen molar-refractivity contribution in [3.05, 3.63) is 35.4 Å². The van der Waals surface area contributed by atoms with E-state index in [4.69, 9.17) is 0 Å². The summed E-state index contributed by atoms with van der Waals surface area (Å²) in [4.78, 5) is 25.0. The molecule has 5 heteroatoms. The molecule has 1 atom stereocenters. The smallest absolute Gasteiger partial charge is 0.311 e. The molecule has 1 aliphatic heterocycles. The molecule has 1 fully saturated rings. The maximum Gasteiger partial charge on any atom is 0.311 e. The van der Waals surface area contributed by atoms with E-state index in [9.17, 15) is 14.7 Å². The number of carbonyl (C=O) groups excluding carboxylic acids is 1. The van der Waals surface area contributed by atoms with Crippen LogP contribution in [0.3, 0.4) is 0 Å². The number of nitrogens with zero attached hydrogens (tertiary/aromatic N) is 1. The lowest BCUT2D eigenvalue weighted by atomic mass is 9.90. The van der Waals surface area contributed by atoms with E-state index in [1.54, 1.807) is 23.6 Å². The predicted molar refractivity (Wildman–Crippen MR) is 84.3 cm³/mol. The van der Waals surface area contributed by atoms with Crippen LogP contribution in [0.4, 0.5) is 0 Å². The Morgan fingerprint density at radius 3 is 2.81 bits per heavy atom. The third-order valence-electron chi connectivity index (χ3n) is 3.92. The molecule has 1 amide bonds. The van der Waals surface area contributed by atoms with Crippen molar-refractivity contribution in [1.82, 2.24) is 4.90 Å². The van der Waals surface area contributed by atoms with Gasteiger partial charge in [0, 0.05) is 18.8 Å². The van der Waals surface area contributed by atoms with Crippen LogP contribution in [0.15, 0.2) is 24.3 Å². The van der Waals surface area contributed by atoms with E-state index in [1.165, 1.54) is 11.1 Å². The summed E-state index contributed by atoms with van der Waals surface area (Å²) < 4.78 is 0. The van der Waals surface area contributed by atoms with Crippen LogP contribution in [0.1, 0.15) is 24.5 Å². The zero-order valence-corrected chi connectivity index (χ0v) is 13.3. The van der Waals surface area contributed by atoms with Crippen molar-refractivity contribution in [2.24, 2.45) is 5.41 Å². The van der Waals surface area contributed by atoms with Crippen molar-refractivity contribution >= 4 is 23.6 Å². The van der Waals surface area contributed by atoms with Gasteiger partial charge in [-0.1, -0.05) is 29.8 Å². The number of likely N-dealkylation sites (tertiary alicyclic amines) is 1. The molecule has 1 unspecified atom stereocenters. The quantitative estimate of drug-likeness (QED) is 0.908. The van der Waals surface area contributed by atoms with Crippen molar-refractivity contribution in [2.75, 3.05) is 18.8 Å². The van der Waals surface area contributed by atoms with Crippen LogP contribution in [0, 0.1) is 12.3 Å². The van der Waals surface area contributed by atoms with E-state index in [0.29, 0.717) is 25.3 Å². The molecule has 4 nitrogen and oxygen atoms in total. The van der Waals surface area contributed by atoms with Crippen molar-refractivity contribution in [3.63, 3.8) is 0 Å². The lowest BCUT2D eigenvalue weighted by Crippen LogP contribution is -2.35. The van der Waals surface area contributed by atoms with Gasteiger partial charge in [0.1, 0.15) is 0 Å². The highest BCUT2D eigenvalue weighted by Gasteiger charge is 2.41. The Kier molecular flexibility index (Phi) is 4.93. The molecule has 2 rings (SSSR count). The van der Waals surface area contributed by atoms with E-state index in [2.05, 4.69) is 25.1 Å². The van der Waals surface area contributed by atoms with Gasteiger partial charge < -0.3 is 10.0 Å². The fourth-order valence-electron chi connectivity index (χ4n) is 2.50. The lowest BCUT2D eigenvalue weighted by Gasteiger charge is -2.20. The van der Waals surface area contributed by atoms with E-state index in [0.717, 1.165) is 5.75 Å². The van der Waals surface area contributed by atoms with Gasteiger partial charge in [0.2, 0.25) is 5.91 Å². The summed E-state index contributed by atoms with van der Waals surface area (Å²) in [5.41, 5.74) is 1.65. The third kappa shape index (κ3) is 4.00. The molecule has 21 heavy (non-hydrogen) atoms. The molecule has 0 aromatic heterocycles. The fourth-order valence-corrected chi connectivity index (χ4v) is 3.37. The number of benzene rings is 1. The van der Waals surface area contributed by atoms with Crippen molar-refractivity contribution < 1.29 is 14.7 Å². The summed E-state index contributed by atoms with van der Waals surface area (Å²) in [5, 5.41) is 9.18. The Hall–Kier alpha value is -1.49. The summed E-state index contributed by atoms with van der Waals surface area (Å²) >= 11 is 1.58. The number of aryl methyl sites for hydroxylation is 1. The van der Waals surface area contributed by atoms with Crippen LogP contribution in [0.5, 0.6) is 0 Å². The standard InChI is InChI=1S/C16H21NO3S/c1-12-4-3-5-13(8-12)9-21-10-14(18)17-7-6-16(2,11-17)15(19)20/h3-5,8H,6-7,9-11H2,1-2H3,(H,19,20). The fraction of sp³-hybridized carbons (Fsp3) is 0.500. The summed E-state index contributed by atoms with van der Waals surface area (Å²) in [6, 6.07) is 8.25. The zero-order valence-electron chi connectivity index (χ0n) is 12.5. The molecule has 1 aliphatic rings. The molecule has 1 heterocycles. The second kappa shape index (κ2) is 6.52. The van der Waals surface area contributed by atoms with Crippen molar-refractivity contribution in [1.29, 1.82) is 0 Å². The van der Waals surface area contributed by atoms with Crippen LogP contribution in [-0.2, 0) is 15.3 Å². The molecule has 114 valence electrons. The first-order chi connectivity index (χ1) is 9.90. The third-order valence-corrected chi connectivity index (χ3v) is 4.91. The van der Waals surface area contributed by atoms with Gasteiger partial charge >= 0.3 is 5.97 Å². The first kappa shape index (κ1) is 15.9. The van der Waals surface area contributed by atoms with Crippen LogP contribution >= 0.6 is 11.8 Å². The highest BCUT2D eigenvalue weighted by Crippen LogP contribution is 2.30. The monoisotopic (exact) mass is 307 g/mol. The number of carboxylic acid groups (broad SMARTS) is 1. The van der Waals surface area contributed by atoms with Gasteiger partial charge in [0.25, 0.3) is 0 Å². The lowest BCUT2D eigenvalue weighted by molar-refractivity contribution is -0.147. The number of rotatable bonds is 5.